The molecule has 33 heavy (non-hydrogen) atoms. The normalized spacial score (nSPS) is 16.5. The molecule has 11 heteroatoms. The molecular formula is C22H25N5O5S. The number of Topliss-reactive ketones (excluding diaryl/α,β-unsaturated/α-hetero) is 1. The van der Waals surface area contributed by atoms with Crippen molar-refractivity contribution in [2.45, 2.75) is 24.8 Å². The minimum Gasteiger partial charge on any atom is -0.325 e. The maximum atomic E-state index is 12.9. The molecule has 10 nitrogen and oxygen atoms in total. The second kappa shape index (κ2) is 8.93. The number of rotatable bonds is 6. The summed E-state index contributed by atoms with van der Waals surface area (Å²) < 4.78 is 27.3. The van der Waals surface area contributed by atoms with E-state index < -0.39 is 16.1 Å². The van der Waals surface area contributed by atoms with E-state index in [0.29, 0.717) is 35.4 Å². The highest BCUT2D eigenvalue weighted by atomic mass is 32.2. The van der Waals surface area contributed by atoms with Crippen LogP contribution in [-0.4, -0.2) is 71.5 Å². The Kier molecular flexibility index (Phi) is 6.19. The van der Waals surface area contributed by atoms with Crippen molar-refractivity contribution in [1.82, 2.24) is 19.2 Å². The lowest BCUT2D eigenvalue weighted by atomic mass is 10.2. The van der Waals surface area contributed by atoms with Gasteiger partial charge in [-0.2, -0.15) is 4.31 Å². The fourth-order valence-corrected chi connectivity index (χ4v) is 5.29. The fraction of sp³-hybridized carbons (Fsp3) is 0.318. The number of hydrogen-bond donors (Lipinski definition) is 3. The van der Waals surface area contributed by atoms with Gasteiger partial charge in [-0.15, -0.1) is 0 Å². The summed E-state index contributed by atoms with van der Waals surface area (Å²) in [6, 6.07) is 10.5. The topological polar surface area (TPSA) is 135 Å². The number of carbonyl (C=O) groups excluding carboxylic acids is 2. The number of imidazole rings is 1. The summed E-state index contributed by atoms with van der Waals surface area (Å²) in [7, 11) is -3.68. The molecule has 4 rings (SSSR count). The fourth-order valence-electron chi connectivity index (χ4n) is 3.86. The molecule has 0 bridgehead atoms. The number of ketones is 1. The molecule has 1 fully saturated rings. The second-order valence-electron chi connectivity index (χ2n) is 8.03. The Morgan fingerprint density at radius 2 is 1.61 bits per heavy atom. The first kappa shape index (κ1) is 22.9. The number of H-pyrrole nitrogens is 2. The summed E-state index contributed by atoms with van der Waals surface area (Å²) in [5.41, 5.74) is 1.95. The SMILES string of the molecule is CC(=O)c1ccc(S(=O)(=O)N2CCN([C@H](C)C(=O)Nc3ccc4[nH]c(=O)[nH]c4c3)CC2)cc1. The molecule has 0 saturated carbocycles. The zero-order chi connectivity index (χ0) is 23.8. The van der Waals surface area contributed by atoms with E-state index in [9.17, 15) is 22.8 Å². The van der Waals surface area contributed by atoms with Gasteiger partial charge in [0.15, 0.2) is 5.78 Å². The van der Waals surface area contributed by atoms with Crippen LogP contribution >= 0.6 is 0 Å². The van der Waals surface area contributed by atoms with E-state index in [1.165, 1.54) is 35.5 Å². The Labute approximate surface area is 190 Å². The zero-order valence-corrected chi connectivity index (χ0v) is 19.1. The third-order valence-corrected chi connectivity index (χ3v) is 7.80. The van der Waals surface area contributed by atoms with Gasteiger partial charge >= 0.3 is 5.69 Å². The summed E-state index contributed by atoms with van der Waals surface area (Å²) in [5, 5.41) is 2.85. The van der Waals surface area contributed by atoms with Gasteiger partial charge in [-0.3, -0.25) is 14.5 Å². The molecule has 1 aliphatic rings. The zero-order valence-electron chi connectivity index (χ0n) is 18.3. The molecule has 1 aromatic heterocycles. The van der Waals surface area contributed by atoms with E-state index in [0.717, 1.165) is 0 Å². The molecule has 1 amide bonds. The molecule has 1 aliphatic heterocycles. The highest BCUT2D eigenvalue weighted by Gasteiger charge is 2.32. The summed E-state index contributed by atoms with van der Waals surface area (Å²) in [4.78, 5) is 42.9. The van der Waals surface area contributed by atoms with Crippen LogP contribution in [0.3, 0.4) is 0 Å². The van der Waals surface area contributed by atoms with Crippen LogP contribution in [0.4, 0.5) is 5.69 Å². The van der Waals surface area contributed by atoms with Crippen molar-refractivity contribution >= 4 is 38.4 Å². The van der Waals surface area contributed by atoms with Crippen LogP contribution in [0.5, 0.6) is 0 Å². The van der Waals surface area contributed by atoms with Gasteiger partial charge in [0.2, 0.25) is 15.9 Å². The highest BCUT2D eigenvalue weighted by Crippen LogP contribution is 2.20. The van der Waals surface area contributed by atoms with Crippen LogP contribution in [0.25, 0.3) is 11.0 Å². The number of carbonyl (C=O) groups is 2. The third kappa shape index (κ3) is 4.75. The predicted molar refractivity (Wildman–Crippen MR) is 124 cm³/mol. The van der Waals surface area contributed by atoms with Crippen LogP contribution in [0.2, 0.25) is 0 Å². The predicted octanol–water partition coefficient (Wildman–Crippen LogP) is 1.39. The Bertz CT molecular complexity index is 1350. The Morgan fingerprint density at radius 1 is 0.970 bits per heavy atom. The number of aromatic nitrogens is 2. The summed E-state index contributed by atoms with van der Waals surface area (Å²) in [6.07, 6.45) is 0. The molecule has 3 N–H and O–H groups in total. The molecule has 1 saturated heterocycles. The molecule has 1 atom stereocenters. The monoisotopic (exact) mass is 471 g/mol. The van der Waals surface area contributed by atoms with Gasteiger partial charge < -0.3 is 15.3 Å². The maximum absolute atomic E-state index is 12.9. The van der Waals surface area contributed by atoms with Gasteiger partial charge in [0.05, 0.1) is 22.0 Å². The first-order chi connectivity index (χ1) is 15.6. The smallest absolute Gasteiger partial charge is 0.323 e. The van der Waals surface area contributed by atoms with E-state index in [-0.39, 0.29) is 35.4 Å². The summed E-state index contributed by atoms with van der Waals surface area (Å²) in [6.45, 7) is 4.53. The Balaban J connectivity index is 1.37. The number of hydrogen-bond acceptors (Lipinski definition) is 6. The lowest BCUT2D eigenvalue weighted by Crippen LogP contribution is -2.53. The number of benzene rings is 2. The molecule has 0 unspecified atom stereocenters. The van der Waals surface area contributed by atoms with Gasteiger partial charge in [-0.25, -0.2) is 13.2 Å². The van der Waals surface area contributed by atoms with Crippen molar-refractivity contribution < 1.29 is 18.0 Å². The van der Waals surface area contributed by atoms with E-state index >= 15 is 0 Å². The Morgan fingerprint density at radius 3 is 2.24 bits per heavy atom. The van der Waals surface area contributed by atoms with Gasteiger partial charge in [-0.1, -0.05) is 12.1 Å². The first-order valence-electron chi connectivity index (χ1n) is 10.5. The van der Waals surface area contributed by atoms with E-state index in [2.05, 4.69) is 15.3 Å². The van der Waals surface area contributed by atoms with Gasteiger partial charge in [0.1, 0.15) is 0 Å². The highest BCUT2D eigenvalue weighted by molar-refractivity contribution is 7.89. The standard InChI is InChI=1S/C22H25N5O5S/c1-14(21(29)23-17-5-8-19-20(13-17)25-22(30)24-19)26-9-11-27(12-10-26)33(31,32)18-6-3-16(4-7-18)15(2)28/h3-8,13-14H,9-12H2,1-2H3,(H,23,29)(H2,24,25,30)/t14-/m1/s1. The van der Waals surface area contributed by atoms with Gasteiger partial charge in [0, 0.05) is 37.4 Å². The maximum Gasteiger partial charge on any atom is 0.323 e. The molecule has 0 spiro atoms. The van der Waals surface area contributed by atoms with Crippen LogP contribution in [0.1, 0.15) is 24.2 Å². The van der Waals surface area contributed by atoms with E-state index in [1.54, 1.807) is 25.1 Å². The average Bonchev–Trinajstić information content (AvgIpc) is 3.18. The summed E-state index contributed by atoms with van der Waals surface area (Å²) >= 11 is 0. The van der Waals surface area contributed by atoms with Gasteiger partial charge in [-0.05, 0) is 44.2 Å². The van der Waals surface area contributed by atoms with Crippen LogP contribution < -0.4 is 11.0 Å². The molecule has 0 aliphatic carbocycles. The lowest BCUT2D eigenvalue weighted by molar-refractivity contribution is -0.121. The number of sulfonamides is 1. The molecule has 2 aromatic carbocycles. The van der Waals surface area contributed by atoms with Crippen molar-refractivity contribution in [3.8, 4) is 0 Å². The molecule has 2 heterocycles. The average molecular weight is 472 g/mol. The number of amides is 1. The first-order valence-corrected chi connectivity index (χ1v) is 12.0. The number of anilines is 1. The molecular weight excluding hydrogens is 446 g/mol. The second-order valence-corrected chi connectivity index (χ2v) is 9.96. The number of nitrogens with one attached hydrogen (secondary N) is 3. The van der Waals surface area contributed by atoms with Crippen LogP contribution in [0.15, 0.2) is 52.2 Å². The molecule has 0 radical (unpaired) electrons. The molecule has 3 aromatic rings. The lowest BCUT2D eigenvalue weighted by Gasteiger charge is -2.36. The third-order valence-electron chi connectivity index (χ3n) is 5.88. The van der Waals surface area contributed by atoms with Crippen LogP contribution in [0, 0.1) is 0 Å². The van der Waals surface area contributed by atoms with Crippen molar-refractivity contribution in [2.24, 2.45) is 0 Å². The largest absolute Gasteiger partial charge is 0.325 e. The van der Waals surface area contributed by atoms with Crippen molar-refractivity contribution in [3.63, 3.8) is 0 Å². The number of piperazine rings is 1. The minimum absolute atomic E-state index is 0.124. The van der Waals surface area contributed by atoms with Gasteiger partial charge in [0.25, 0.3) is 0 Å². The number of aromatic amines is 2. The van der Waals surface area contributed by atoms with E-state index in [1.807, 2.05) is 4.90 Å². The van der Waals surface area contributed by atoms with Crippen molar-refractivity contribution in [1.29, 1.82) is 0 Å². The number of fused-ring (bicyclic) bond motifs is 1. The quantitative estimate of drug-likeness (QED) is 0.465. The van der Waals surface area contributed by atoms with Crippen molar-refractivity contribution in [3.05, 3.63) is 58.5 Å². The minimum atomic E-state index is -3.68. The summed E-state index contributed by atoms with van der Waals surface area (Å²) in [5.74, 6) is -0.343. The van der Waals surface area contributed by atoms with E-state index in [4.69, 9.17) is 0 Å². The van der Waals surface area contributed by atoms with Crippen LogP contribution in [-0.2, 0) is 14.8 Å². The molecule has 174 valence electrons. The Hall–Kier alpha value is -3.28. The van der Waals surface area contributed by atoms with Crippen molar-refractivity contribution in [2.75, 3.05) is 31.5 Å². The number of nitrogens with zero attached hydrogens (tertiary/aromatic N) is 2.